The molecule has 0 spiro atoms. The van der Waals surface area contributed by atoms with Gasteiger partial charge in [0.05, 0.1) is 0 Å². The van der Waals surface area contributed by atoms with E-state index >= 15 is 0 Å². The summed E-state index contributed by atoms with van der Waals surface area (Å²) in [5, 5.41) is 17.7. The molecule has 0 aliphatic rings. The molecule has 0 fully saturated rings. The lowest BCUT2D eigenvalue weighted by molar-refractivity contribution is -0.000330. The minimum Gasteiger partial charge on any atom is -0.508 e. The fraction of sp³-hybridized carbons (Fsp3) is 0.250. The van der Waals surface area contributed by atoms with Gasteiger partial charge in [-0.15, -0.1) is 0 Å². The molecular formula is C8H10O3. The van der Waals surface area contributed by atoms with E-state index in [0.717, 1.165) is 0 Å². The highest BCUT2D eigenvalue weighted by Crippen LogP contribution is 2.16. The molecule has 0 aliphatic heterocycles. The first kappa shape index (κ1) is 7.88. The predicted molar refractivity (Wildman–Crippen MR) is 40.4 cm³/mol. The van der Waals surface area contributed by atoms with Gasteiger partial charge in [-0.3, -0.25) is 0 Å². The molecule has 1 unspecified atom stereocenters. The fourth-order valence-corrected chi connectivity index (χ4v) is 0.722. The molecule has 0 heterocycles. The lowest BCUT2D eigenvalue weighted by atomic mass is 10.3. The van der Waals surface area contributed by atoms with E-state index in [0.29, 0.717) is 5.75 Å². The Morgan fingerprint density at radius 3 is 2.27 bits per heavy atom. The maximum atomic E-state index is 8.87. The van der Waals surface area contributed by atoms with E-state index in [-0.39, 0.29) is 5.75 Å². The van der Waals surface area contributed by atoms with Crippen molar-refractivity contribution in [3.63, 3.8) is 0 Å². The van der Waals surface area contributed by atoms with Crippen LogP contribution in [0.15, 0.2) is 24.3 Å². The summed E-state index contributed by atoms with van der Waals surface area (Å²) >= 11 is 0. The van der Waals surface area contributed by atoms with Gasteiger partial charge in [0.1, 0.15) is 11.5 Å². The van der Waals surface area contributed by atoms with Gasteiger partial charge in [0.15, 0.2) is 6.29 Å². The van der Waals surface area contributed by atoms with Crippen LogP contribution < -0.4 is 4.74 Å². The van der Waals surface area contributed by atoms with Crippen LogP contribution in [0.2, 0.25) is 0 Å². The number of phenolic OH excluding ortho intramolecular Hbond substituents is 1. The average Bonchev–Trinajstić information content (AvgIpc) is 1.93. The zero-order chi connectivity index (χ0) is 8.27. The third kappa shape index (κ3) is 2.47. The number of hydrogen-bond donors (Lipinski definition) is 2. The highest BCUT2D eigenvalue weighted by atomic mass is 16.6. The van der Waals surface area contributed by atoms with Crippen LogP contribution in [0, 0.1) is 0 Å². The van der Waals surface area contributed by atoms with E-state index in [2.05, 4.69) is 0 Å². The first-order valence-electron chi connectivity index (χ1n) is 3.32. The van der Waals surface area contributed by atoms with Crippen LogP contribution in [0.3, 0.4) is 0 Å². The van der Waals surface area contributed by atoms with Gasteiger partial charge in [0, 0.05) is 0 Å². The summed E-state index contributed by atoms with van der Waals surface area (Å²) in [5.41, 5.74) is 0. The van der Waals surface area contributed by atoms with Gasteiger partial charge in [-0.25, -0.2) is 0 Å². The molecular weight excluding hydrogens is 144 g/mol. The number of rotatable bonds is 2. The second kappa shape index (κ2) is 3.25. The molecule has 2 N–H and O–H groups in total. The van der Waals surface area contributed by atoms with Gasteiger partial charge in [-0.1, -0.05) is 0 Å². The second-order valence-corrected chi connectivity index (χ2v) is 2.21. The molecule has 0 aliphatic carbocycles. The SMILES string of the molecule is CC(O)Oc1ccc(O)cc1. The zero-order valence-electron chi connectivity index (χ0n) is 6.19. The summed E-state index contributed by atoms with van der Waals surface area (Å²) in [4.78, 5) is 0. The van der Waals surface area contributed by atoms with E-state index in [1.54, 1.807) is 12.1 Å². The van der Waals surface area contributed by atoms with E-state index in [4.69, 9.17) is 14.9 Å². The van der Waals surface area contributed by atoms with Crippen molar-refractivity contribution in [3.05, 3.63) is 24.3 Å². The van der Waals surface area contributed by atoms with Crippen LogP contribution in [0.4, 0.5) is 0 Å². The van der Waals surface area contributed by atoms with E-state index in [1.165, 1.54) is 19.1 Å². The van der Waals surface area contributed by atoms with E-state index in [1.807, 2.05) is 0 Å². The number of aliphatic hydroxyl groups excluding tert-OH is 1. The summed E-state index contributed by atoms with van der Waals surface area (Å²) < 4.78 is 4.91. The molecule has 0 saturated carbocycles. The molecule has 0 amide bonds. The molecule has 1 atom stereocenters. The van der Waals surface area contributed by atoms with Crippen LogP contribution in [0.1, 0.15) is 6.92 Å². The van der Waals surface area contributed by atoms with Gasteiger partial charge >= 0.3 is 0 Å². The van der Waals surface area contributed by atoms with Crippen molar-refractivity contribution in [2.75, 3.05) is 0 Å². The number of aliphatic hydroxyl groups is 1. The zero-order valence-corrected chi connectivity index (χ0v) is 6.19. The Labute approximate surface area is 64.9 Å². The number of ether oxygens (including phenoxy) is 1. The van der Waals surface area contributed by atoms with Gasteiger partial charge < -0.3 is 14.9 Å². The molecule has 0 aromatic heterocycles. The first-order chi connectivity index (χ1) is 5.18. The maximum absolute atomic E-state index is 8.87. The standard InChI is InChI=1S/C8H10O3/c1-6(9)11-8-4-2-7(10)3-5-8/h2-6,9-10H,1H3. The van der Waals surface area contributed by atoms with Crippen LogP contribution in [-0.4, -0.2) is 16.5 Å². The van der Waals surface area contributed by atoms with Gasteiger partial charge in [-0.05, 0) is 31.2 Å². The lowest BCUT2D eigenvalue weighted by Gasteiger charge is -2.07. The molecule has 1 aromatic rings. The number of aromatic hydroxyl groups is 1. The quantitative estimate of drug-likeness (QED) is 0.627. The Morgan fingerprint density at radius 1 is 1.27 bits per heavy atom. The normalized spacial score (nSPS) is 12.5. The Balaban J connectivity index is 2.66. The van der Waals surface area contributed by atoms with Crippen molar-refractivity contribution in [1.82, 2.24) is 0 Å². The summed E-state index contributed by atoms with van der Waals surface area (Å²) in [6, 6.07) is 6.17. The van der Waals surface area contributed by atoms with E-state index in [9.17, 15) is 0 Å². The first-order valence-corrected chi connectivity index (χ1v) is 3.32. The van der Waals surface area contributed by atoms with Gasteiger partial charge in [-0.2, -0.15) is 0 Å². The molecule has 60 valence electrons. The van der Waals surface area contributed by atoms with Crippen LogP contribution in [0.5, 0.6) is 11.5 Å². The van der Waals surface area contributed by atoms with Crippen molar-refractivity contribution in [2.24, 2.45) is 0 Å². The highest BCUT2D eigenvalue weighted by Gasteiger charge is 1.96. The molecule has 3 heteroatoms. The largest absolute Gasteiger partial charge is 0.508 e. The van der Waals surface area contributed by atoms with Crippen LogP contribution in [0.25, 0.3) is 0 Å². The smallest absolute Gasteiger partial charge is 0.194 e. The summed E-state index contributed by atoms with van der Waals surface area (Å²) in [7, 11) is 0. The minimum atomic E-state index is -0.820. The van der Waals surface area contributed by atoms with Gasteiger partial charge in [0.25, 0.3) is 0 Å². The Kier molecular flexibility index (Phi) is 2.33. The number of phenols is 1. The molecule has 3 nitrogen and oxygen atoms in total. The molecule has 11 heavy (non-hydrogen) atoms. The maximum Gasteiger partial charge on any atom is 0.194 e. The van der Waals surface area contributed by atoms with Crippen molar-refractivity contribution in [3.8, 4) is 11.5 Å². The van der Waals surface area contributed by atoms with Crippen molar-refractivity contribution < 1.29 is 14.9 Å². The number of hydrogen-bond acceptors (Lipinski definition) is 3. The topological polar surface area (TPSA) is 49.7 Å². The van der Waals surface area contributed by atoms with Crippen molar-refractivity contribution in [2.45, 2.75) is 13.2 Å². The summed E-state index contributed by atoms with van der Waals surface area (Å²) in [6.07, 6.45) is -0.820. The summed E-state index contributed by atoms with van der Waals surface area (Å²) in [6.45, 7) is 1.52. The average molecular weight is 154 g/mol. The number of benzene rings is 1. The molecule has 0 saturated heterocycles. The Hall–Kier alpha value is -1.22. The van der Waals surface area contributed by atoms with Crippen LogP contribution >= 0.6 is 0 Å². The second-order valence-electron chi connectivity index (χ2n) is 2.21. The molecule has 0 radical (unpaired) electrons. The fourth-order valence-electron chi connectivity index (χ4n) is 0.722. The van der Waals surface area contributed by atoms with Gasteiger partial charge in [0.2, 0.25) is 0 Å². The monoisotopic (exact) mass is 154 g/mol. The Morgan fingerprint density at radius 2 is 1.82 bits per heavy atom. The predicted octanol–water partition coefficient (Wildman–Crippen LogP) is 1.11. The highest BCUT2D eigenvalue weighted by molar-refractivity contribution is 5.30. The molecule has 0 bridgehead atoms. The van der Waals surface area contributed by atoms with Crippen molar-refractivity contribution >= 4 is 0 Å². The molecule has 1 aromatic carbocycles. The van der Waals surface area contributed by atoms with E-state index < -0.39 is 6.29 Å². The summed E-state index contributed by atoms with van der Waals surface area (Å²) in [5.74, 6) is 0.723. The third-order valence-corrected chi connectivity index (χ3v) is 1.14. The van der Waals surface area contributed by atoms with Crippen molar-refractivity contribution in [1.29, 1.82) is 0 Å². The Bertz CT molecular complexity index is 215. The molecule has 1 rings (SSSR count). The lowest BCUT2D eigenvalue weighted by Crippen LogP contribution is -2.09. The minimum absolute atomic E-state index is 0.183. The van der Waals surface area contributed by atoms with Crippen LogP contribution in [-0.2, 0) is 0 Å². The third-order valence-electron chi connectivity index (χ3n) is 1.14.